The van der Waals surface area contributed by atoms with Crippen molar-refractivity contribution >= 4 is 17.2 Å². The molecule has 1 aliphatic rings. The van der Waals surface area contributed by atoms with E-state index in [0.717, 1.165) is 0 Å². The smallest absolute Gasteiger partial charge is 0.274 e. The van der Waals surface area contributed by atoms with Gasteiger partial charge in [0.15, 0.2) is 5.69 Å². The summed E-state index contributed by atoms with van der Waals surface area (Å²) >= 11 is 0. The number of carbonyl (C=O) groups excluding carboxylic acids is 1. The van der Waals surface area contributed by atoms with Crippen LogP contribution in [0.2, 0.25) is 0 Å². The largest absolute Gasteiger partial charge is 0.389 e. The minimum atomic E-state index is -0.511. The van der Waals surface area contributed by atoms with Crippen LogP contribution in [0.5, 0.6) is 0 Å². The van der Waals surface area contributed by atoms with Gasteiger partial charge >= 0.3 is 0 Å². The topological polar surface area (TPSA) is 146 Å². The number of aromatic nitrogens is 5. The number of carbonyl (C=O) groups is 1. The van der Waals surface area contributed by atoms with E-state index in [-0.39, 0.29) is 30.5 Å². The molecule has 1 aliphatic heterocycles. The standard InChI is InChI=1S/C21H16N8O2/c22-8-12-2-1-3-13(6-12)18-19(15-4-5-24-11-25-15)29-17(20(23)26-18)7-16(27-29)21(31)28-9-14(30)10-28/h1-7,11,14,30H,9-10H2,(H2,23,26). The quantitative estimate of drug-likeness (QED) is 0.509. The molecule has 0 bridgehead atoms. The van der Waals surface area contributed by atoms with Gasteiger partial charge in [-0.3, -0.25) is 4.79 Å². The zero-order valence-corrected chi connectivity index (χ0v) is 16.2. The number of nitrogens with two attached hydrogens (primary N) is 1. The molecule has 3 N–H and O–H groups in total. The Bertz CT molecular complexity index is 1350. The molecule has 1 saturated heterocycles. The molecular weight excluding hydrogens is 396 g/mol. The molecule has 4 aromatic rings. The van der Waals surface area contributed by atoms with Crippen LogP contribution in [0.1, 0.15) is 16.1 Å². The summed E-state index contributed by atoms with van der Waals surface area (Å²) in [7, 11) is 0. The van der Waals surface area contributed by atoms with Crippen molar-refractivity contribution in [3.8, 4) is 28.7 Å². The molecule has 0 radical (unpaired) electrons. The molecule has 3 aromatic heterocycles. The number of β-amino-alcohol motifs (C(OH)–C–C–N with tert-alkyl or cyclic N) is 1. The Labute approximate surface area is 176 Å². The van der Waals surface area contributed by atoms with Gasteiger partial charge in [-0.15, -0.1) is 0 Å². The van der Waals surface area contributed by atoms with E-state index >= 15 is 0 Å². The minimum absolute atomic E-state index is 0.186. The molecule has 5 rings (SSSR count). The second-order valence-corrected chi connectivity index (χ2v) is 7.17. The van der Waals surface area contributed by atoms with E-state index in [1.165, 1.54) is 11.2 Å². The van der Waals surface area contributed by atoms with Crippen LogP contribution in [0.15, 0.2) is 48.9 Å². The first-order chi connectivity index (χ1) is 15.0. The summed E-state index contributed by atoms with van der Waals surface area (Å²) in [6, 6.07) is 12.4. The number of nitriles is 1. The van der Waals surface area contributed by atoms with E-state index < -0.39 is 6.10 Å². The fourth-order valence-electron chi connectivity index (χ4n) is 3.55. The van der Waals surface area contributed by atoms with Crippen molar-refractivity contribution in [2.45, 2.75) is 6.10 Å². The van der Waals surface area contributed by atoms with Gasteiger partial charge in [-0.05, 0) is 18.2 Å². The fraction of sp³-hybridized carbons (Fsp3) is 0.143. The fourth-order valence-corrected chi connectivity index (χ4v) is 3.55. The highest BCUT2D eigenvalue weighted by Crippen LogP contribution is 2.33. The summed E-state index contributed by atoms with van der Waals surface area (Å²) < 4.78 is 1.54. The molecule has 4 heterocycles. The van der Waals surface area contributed by atoms with Gasteiger partial charge in [0.05, 0.1) is 23.4 Å². The van der Waals surface area contributed by atoms with Crippen LogP contribution in [-0.4, -0.2) is 59.7 Å². The van der Waals surface area contributed by atoms with Gasteiger partial charge in [-0.25, -0.2) is 19.5 Å². The lowest BCUT2D eigenvalue weighted by molar-refractivity contribution is 0.00548. The molecule has 0 spiro atoms. The number of fused-ring (bicyclic) bond motifs is 1. The van der Waals surface area contributed by atoms with Crippen LogP contribution in [0.3, 0.4) is 0 Å². The highest BCUT2D eigenvalue weighted by molar-refractivity contribution is 5.95. The Morgan fingerprint density at radius 3 is 2.81 bits per heavy atom. The van der Waals surface area contributed by atoms with E-state index in [1.54, 1.807) is 41.0 Å². The lowest BCUT2D eigenvalue weighted by atomic mass is 10.0. The molecule has 0 unspecified atom stereocenters. The zero-order valence-electron chi connectivity index (χ0n) is 16.2. The number of likely N-dealkylation sites (tertiary alicyclic amines) is 1. The van der Waals surface area contributed by atoms with E-state index in [0.29, 0.717) is 33.7 Å². The average molecular weight is 412 g/mol. The normalized spacial score (nSPS) is 13.7. The van der Waals surface area contributed by atoms with Crippen LogP contribution in [0, 0.1) is 11.3 Å². The number of nitrogen functional groups attached to an aromatic ring is 1. The number of hydrogen-bond donors (Lipinski definition) is 2. The van der Waals surface area contributed by atoms with Crippen LogP contribution >= 0.6 is 0 Å². The third-order valence-corrected chi connectivity index (χ3v) is 5.10. The molecular formula is C21H16N8O2. The number of benzene rings is 1. The first-order valence-electron chi connectivity index (χ1n) is 9.48. The van der Waals surface area contributed by atoms with Gasteiger partial charge in [-0.1, -0.05) is 12.1 Å². The molecule has 1 fully saturated rings. The molecule has 152 valence electrons. The first-order valence-corrected chi connectivity index (χ1v) is 9.48. The van der Waals surface area contributed by atoms with Gasteiger partial charge in [0.2, 0.25) is 0 Å². The van der Waals surface area contributed by atoms with Gasteiger partial charge in [0.25, 0.3) is 5.91 Å². The summed E-state index contributed by atoms with van der Waals surface area (Å²) in [5.74, 6) is -0.111. The van der Waals surface area contributed by atoms with Crippen molar-refractivity contribution in [3.05, 3.63) is 60.2 Å². The van der Waals surface area contributed by atoms with E-state index in [2.05, 4.69) is 26.1 Å². The number of nitrogens with zero attached hydrogens (tertiary/aromatic N) is 7. The maximum absolute atomic E-state index is 12.8. The highest BCUT2D eigenvalue weighted by atomic mass is 16.3. The molecule has 0 atom stereocenters. The lowest BCUT2D eigenvalue weighted by Gasteiger charge is -2.35. The van der Waals surface area contributed by atoms with Gasteiger partial charge in [0, 0.05) is 30.9 Å². The SMILES string of the molecule is N#Cc1cccc(-c2nc(N)c3cc(C(=O)N4CC(O)C4)nn3c2-c2ccncn2)c1. The first kappa shape index (κ1) is 18.7. The van der Waals surface area contributed by atoms with Crippen molar-refractivity contribution in [1.82, 2.24) is 29.5 Å². The molecule has 10 heteroatoms. The van der Waals surface area contributed by atoms with E-state index in [1.807, 2.05) is 6.07 Å². The van der Waals surface area contributed by atoms with Crippen LogP contribution in [-0.2, 0) is 0 Å². The Morgan fingerprint density at radius 2 is 2.10 bits per heavy atom. The van der Waals surface area contributed by atoms with Crippen molar-refractivity contribution in [2.24, 2.45) is 0 Å². The summed E-state index contributed by atoms with van der Waals surface area (Å²) in [4.78, 5) is 27.1. The Balaban J connectivity index is 1.75. The summed E-state index contributed by atoms with van der Waals surface area (Å²) in [6.07, 6.45) is 2.49. The number of aliphatic hydroxyl groups is 1. The summed E-state index contributed by atoms with van der Waals surface area (Å²) in [6.45, 7) is 0.539. The number of rotatable bonds is 3. The Morgan fingerprint density at radius 1 is 1.26 bits per heavy atom. The van der Waals surface area contributed by atoms with E-state index in [9.17, 15) is 15.2 Å². The molecule has 0 saturated carbocycles. The van der Waals surface area contributed by atoms with Crippen molar-refractivity contribution in [2.75, 3.05) is 18.8 Å². The predicted octanol–water partition coefficient (Wildman–Crippen LogP) is 1.12. The summed E-state index contributed by atoms with van der Waals surface area (Å²) in [5, 5.41) is 23.3. The predicted molar refractivity (Wildman–Crippen MR) is 110 cm³/mol. The lowest BCUT2D eigenvalue weighted by Crippen LogP contribution is -2.53. The summed E-state index contributed by atoms with van der Waals surface area (Å²) in [5.41, 5.74) is 9.55. The van der Waals surface area contributed by atoms with E-state index in [4.69, 9.17) is 5.73 Å². The van der Waals surface area contributed by atoms with Crippen LogP contribution < -0.4 is 5.73 Å². The van der Waals surface area contributed by atoms with Crippen molar-refractivity contribution in [1.29, 1.82) is 5.26 Å². The molecule has 31 heavy (non-hydrogen) atoms. The average Bonchev–Trinajstić information content (AvgIpc) is 3.23. The van der Waals surface area contributed by atoms with Crippen LogP contribution in [0.4, 0.5) is 5.82 Å². The van der Waals surface area contributed by atoms with Crippen molar-refractivity contribution in [3.63, 3.8) is 0 Å². The zero-order chi connectivity index (χ0) is 21.5. The van der Waals surface area contributed by atoms with Crippen molar-refractivity contribution < 1.29 is 9.90 Å². The van der Waals surface area contributed by atoms with Gasteiger partial charge in [-0.2, -0.15) is 10.4 Å². The highest BCUT2D eigenvalue weighted by Gasteiger charge is 2.31. The third-order valence-electron chi connectivity index (χ3n) is 5.10. The molecule has 10 nitrogen and oxygen atoms in total. The second kappa shape index (κ2) is 7.16. The number of aliphatic hydroxyl groups excluding tert-OH is 1. The Kier molecular flexibility index (Phi) is 4.31. The number of anilines is 1. The Hall–Kier alpha value is -4.36. The second-order valence-electron chi connectivity index (χ2n) is 7.17. The maximum Gasteiger partial charge on any atom is 0.274 e. The third kappa shape index (κ3) is 3.13. The maximum atomic E-state index is 12.8. The number of hydrogen-bond acceptors (Lipinski definition) is 8. The minimum Gasteiger partial charge on any atom is -0.389 e. The van der Waals surface area contributed by atoms with Gasteiger partial charge < -0.3 is 15.7 Å². The van der Waals surface area contributed by atoms with Crippen LogP contribution in [0.25, 0.3) is 28.2 Å². The van der Waals surface area contributed by atoms with Gasteiger partial charge in [0.1, 0.15) is 29.0 Å². The molecule has 1 amide bonds. The molecule has 0 aliphatic carbocycles. The molecule has 1 aromatic carbocycles. The number of amides is 1. The monoisotopic (exact) mass is 412 g/mol.